The topological polar surface area (TPSA) is 54.4 Å². The standard InChI is InChI=1S/C13H22ClN5O/c1-4-10(3)19(5-2)13-16-11(14)15-12(17-13)18-6-8-20-9-7-18/h10H,4-9H2,1-3H3. The number of rotatable bonds is 5. The van der Waals surface area contributed by atoms with Crippen molar-refractivity contribution in [2.45, 2.75) is 33.2 Å². The van der Waals surface area contributed by atoms with Crippen molar-refractivity contribution in [3.8, 4) is 0 Å². The van der Waals surface area contributed by atoms with Crippen molar-refractivity contribution in [1.29, 1.82) is 0 Å². The fourth-order valence-electron chi connectivity index (χ4n) is 2.23. The zero-order chi connectivity index (χ0) is 14.5. The van der Waals surface area contributed by atoms with Crippen molar-refractivity contribution in [1.82, 2.24) is 15.0 Å². The van der Waals surface area contributed by atoms with Gasteiger partial charge in [0, 0.05) is 25.7 Å². The number of ether oxygens (including phenoxy) is 1. The highest BCUT2D eigenvalue weighted by molar-refractivity contribution is 6.28. The highest BCUT2D eigenvalue weighted by atomic mass is 35.5. The van der Waals surface area contributed by atoms with Gasteiger partial charge in [0.1, 0.15) is 0 Å². The van der Waals surface area contributed by atoms with Gasteiger partial charge in [-0.1, -0.05) is 6.92 Å². The van der Waals surface area contributed by atoms with Gasteiger partial charge in [-0.3, -0.25) is 0 Å². The van der Waals surface area contributed by atoms with Crippen molar-refractivity contribution in [2.75, 3.05) is 42.6 Å². The summed E-state index contributed by atoms with van der Waals surface area (Å²) in [5, 5.41) is 0.248. The first kappa shape index (κ1) is 15.3. The second kappa shape index (κ2) is 7.04. The lowest BCUT2D eigenvalue weighted by atomic mass is 10.2. The summed E-state index contributed by atoms with van der Waals surface area (Å²) >= 11 is 6.07. The SMILES string of the molecule is CCC(C)N(CC)c1nc(Cl)nc(N2CCOCC2)n1. The molecule has 1 aliphatic heterocycles. The van der Waals surface area contributed by atoms with Gasteiger partial charge in [-0.25, -0.2) is 0 Å². The maximum atomic E-state index is 6.07. The fourth-order valence-corrected chi connectivity index (χ4v) is 2.38. The molecule has 1 aromatic heterocycles. The van der Waals surface area contributed by atoms with Gasteiger partial charge >= 0.3 is 0 Å². The first-order chi connectivity index (χ1) is 9.65. The van der Waals surface area contributed by atoms with E-state index in [2.05, 4.69) is 45.5 Å². The van der Waals surface area contributed by atoms with E-state index in [1.165, 1.54) is 0 Å². The van der Waals surface area contributed by atoms with E-state index in [0.717, 1.165) is 26.1 Å². The van der Waals surface area contributed by atoms with Crippen LogP contribution in [-0.4, -0.2) is 53.8 Å². The molecule has 0 aliphatic carbocycles. The molecule has 1 saturated heterocycles. The van der Waals surface area contributed by atoms with Crippen LogP contribution >= 0.6 is 11.6 Å². The first-order valence-corrected chi connectivity index (χ1v) is 7.54. The van der Waals surface area contributed by atoms with Crippen LogP contribution in [0.3, 0.4) is 0 Å². The van der Waals surface area contributed by atoms with Crippen LogP contribution in [0.5, 0.6) is 0 Å². The number of anilines is 2. The van der Waals surface area contributed by atoms with Gasteiger partial charge in [-0.2, -0.15) is 15.0 Å². The molecule has 112 valence electrons. The number of nitrogens with zero attached hydrogens (tertiary/aromatic N) is 5. The Kier molecular flexibility index (Phi) is 5.37. The van der Waals surface area contributed by atoms with Crippen molar-refractivity contribution >= 4 is 23.5 Å². The summed E-state index contributed by atoms with van der Waals surface area (Å²) in [6.07, 6.45) is 1.03. The van der Waals surface area contributed by atoms with Gasteiger partial charge in [0.15, 0.2) is 0 Å². The molecule has 0 N–H and O–H groups in total. The second-order valence-electron chi connectivity index (χ2n) is 4.85. The maximum Gasteiger partial charge on any atom is 0.231 e. The van der Waals surface area contributed by atoms with Crippen LogP contribution in [-0.2, 0) is 4.74 Å². The summed E-state index contributed by atoms with van der Waals surface area (Å²) in [7, 11) is 0. The highest BCUT2D eigenvalue weighted by Gasteiger charge is 2.20. The molecule has 2 heterocycles. The molecule has 1 aromatic rings. The summed E-state index contributed by atoms with van der Waals surface area (Å²) in [4.78, 5) is 17.4. The van der Waals surface area contributed by atoms with E-state index < -0.39 is 0 Å². The number of morpholine rings is 1. The molecule has 1 unspecified atom stereocenters. The van der Waals surface area contributed by atoms with Gasteiger partial charge in [0.05, 0.1) is 13.2 Å². The van der Waals surface area contributed by atoms with E-state index in [4.69, 9.17) is 16.3 Å². The molecule has 0 aromatic carbocycles. The molecule has 7 heteroatoms. The van der Waals surface area contributed by atoms with Crippen LogP contribution < -0.4 is 9.80 Å². The van der Waals surface area contributed by atoms with E-state index in [0.29, 0.717) is 31.2 Å². The largest absolute Gasteiger partial charge is 0.378 e. The molecule has 0 amide bonds. The lowest BCUT2D eigenvalue weighted by Crippen LogP contribution is -2.39. The minimum absolute atomic E-state index is 0.248. The number of aromatic nitrogens is 3. The zero-order valence-electron chi connectivity index (χ0n) is 12.3. The predicted octanol–water partition coefficient (Wildman–Crippen LogP) is 1.99. The summed E-state index contributed by atoms with van der Waals surface area (Å²) in [6.45, 7) is 10.2. The molecular weight excluding hydrogens is 278 g/mol. The van der Waals surface area contributed by atoms with Crippen LogP contribution in [0.4, 0.5) is 11.9 Å². The molecular formula is C13H22ClN5O. The molecule has 0 spiro atoms. The third-order valence-electron chi connectivity index (χ3n) is 3.60. The third kappa shape index (κ3) is 3.49. The molecule has 0 saturated carbocycles. The Labute approximate surface area is 125 Å². The lowest BCUT2D eigenvalue weighted by molar-refractivity contribution is 0.122. The van der Waals surface area contributed by atoms with Crippen LogP contribution in [0.25, 0.3) is 0 Å². The van der Waals surface area contributed by atoms with E-state index in [9.17, 15) is 0 Å². The normalized spacial score (nSPS) is 17.1. The van der Waals surface area contributed by atoms with E-state index in [-0.39, 0.29) is 5.28 Å². The highest BCUT2D eigenvalue weighted by Crippen LogP contribution is 2.19. The van der Waals surface area contributed by atoms with E-state index in [1.807, 2.05) is 0 Å². The molecule has 0 radical (unpaired) electrons. The maximum absolute atomic E-state index is 6.07. The van der Waals surface area contributed by atoms with Crippen LogP contribution in [0, 0.1) is 0 Å². The number of hydrogen-bond donors (Lipinski definition) is 0. The van der Waals surface area contributed by atoms with Gasteiger partial charge in [-0.15, -0.1) is 0 Å². The molecule has 6 nitrogen and oxygen atoms in total. The minimum atomic E-state index is 0.248. The molecule has 0 bridgehead atoms. The smallest absolute Gasteiger partial charge is 0.231 e. The monoisotopic (exact) mass is 299 g/mol. The summed E-state index contributed by atoms with van der Waals surface area (Å²) in [5.41, 5.74) is 0. The molecule has 1 fully saturated rings. The van der Waals surface area contributed by atoms with Gasteiger partial charge < -0.3 is 14.5 Å². The Hall–Kier alpha value is -1.14. The van der Waals surface area contributed by atoms with E-state index >= 15 is 0 Å². The minimum Gasteiger partial charge on any atom is -0.378 e. The Morgan fingerprint density at radius 3 is 2.55 bits per heavy atom. The van der Waals surface area contributed by atoms with Crippen LogP contribution in [0.15, 0.2) is 0 Å². The zero-order valence-corrected chi connectivity index (χ0v) is 13.1. The summed E-state index contributed by atoms with van der Waals surface area (Å²) in [5.74, 6) is 1.30. The van der Waals surface area contributed by atoms with E-state index in [1.54, 1.807) is 0 Å². The van der Waals surface area contributed by atoms with Gasteiger partial charge in [0.25, 0.3) is 0 Å². The van der Waals surface area contributed by atoms with Crippen molar-refractivity contribution in [2.24, 2.45) is 0 Å². The predicted molar refractivity (Wildman–Crippen MR) is 80.6 cm³/mol. The Bertz CT molecular complexity index is 439. The molecule has 1 aliphatic rings. The van der Waals surface area contributed by atoms with Crippen LogP contribution in [0.2, 0.25) is 5.28 Å². The van der Waals surface area contributed by atoms with Crippen molar-refractivity contribution < 1.29 is 4.74 Å². The number of halogens is 1. The van der Waals surface area contributed by atoms with Crippen LogP contribution in [0.1, 0.15) is 27.2 Å². The number of hydrogen-bond acceptors (Lipinski definition) is 6. The quantitative estimate of drug-likeness (QED) is 0.829. The first-order valence-electron chi connectivity index (χ1n) is 7.16. The molecule has 2 rings (SSSR count). The van der Waals surface area contributed by atoms with Gasteiger partial charge in [0.2, 0.25) is 17.2 Å². The average Bonchev–Trinajstić information content (AvgIpc) is 2.48. The summed E-state index contributed by atoms with van der Waals surface area (Å²) in [6, 6.07) is 0.371. The average molecular weight is 300 g/mol. The second-order valence-corrected chi connectivity index (χ2v) is 5.19. The fraction of sp³-hybridized carbons (Fsp3) is 0.769. The van der Waals surface area contributed by atoms with Crippen molar-refractivity contribution in [3.63, 3.8) is 0 Å². The molecule has 1 atom stereocenters. The Morgan fingerprint density at radius 2 is 1.95 bits per heavy atom. The Morgan fingerprint density at radius 1 is 1.25 bits per heavy atom. The molecule has 20 heavy (non-hydrogen) atoms. The summed E-state index contributed by atoms with van der Waals surface area (Å²) < 4.78 is 5.35. The Balaban J connectivity index is 2.27. The van der Waals surface area contributed by atoms with Gasteiger partial charge in [-0.05, 0) is 31.9 Å². The lowest BCUT2D eigenvalue weighted by Gasteiger charge is -2.30. The third-order valence-corrected chi connectivity index (χ3v) is 3.77. The van der Waals surface area contributed by atoms with Crippen molar-refractivity contribution in [3.05, 3.63) is 5.28 Å².